The van der Waals surface area contributed by atoms with Crippen LogP contribution >= 0.6 is 0 Å². The molecule has 2 atom stereocenters. The number of hydrogen-bond acceptors (Lipinski definition) is 4. The van der Waals surface area contributed by atoms with Gasteiger partial charge in [0.25, 0.3) is 5.91 Å². The third kappa shape index (κ3) is 4.45. The van der Waals surface area contributed by atoms with Gasteiger partial charge in [-0.25, -0.2) is 0 Å². The fraction of sp³-hybridized carbons (Fsp3) is 0.500. The van der Waals surface area contributed by atoms with Gasteiger partial charge < -0.3 is 15.1 Å². The largest absolute Gasteiger partial charge is 0.347 e. The summed E-state index contributed by atoms with van der Waals surface area (Å²) in [6.07, 6.45) is 0.682. The van der Waals surface area contributed by atoms with Crippen molar-refractivity contribution in [3.05, 3.63) is 35.4 Å². The fourth-order valence-electron chi connectivity index (χ4n) is 3.44. The molecule has 7 heteroatoms. The average molecular weight is 370 g/mol. The van der Waals surface area contributed by atoms with Crippen LogP contribution in [-0.2, 0) is 9.59 Å². The van der Waals surface area contributed by atoms with Crippen LogP contribution in [0.2, 0.25) is 0 Å². The highest BCUT2D eigenvalue weighted by Gasteiger charge is 2.41. The molecule has 0 saturated carbocycles. The van der Waals surface area contributed by atoms with Gasteiger partial charge in [0.05, 0.1) is 17.2 Å². The standard InChI is InChI=1S/C20H26N4O3/c1-4-18(25)24-13-15(11-17(24)20(27)23(5-2)6-3)22-19(26)16-10-8-7-9-14(16)12-21/h7-10,15,17H,4-6,11,13H2,1-3H3,(H,22,26)/t15-,17-/m0/s1. The normalized spacial score (nSPS) is 18.7. The van der Waals surface area contributed by atoms with Crippen LogP contribution < -0.4 is 5.32 Å². The Morgan fingerprint density at radius 3 is 2.48 bits per heavy atom. The summed E-state index contributed by atoms with van der Waals surface area (Å²) in [5.74, 6) is -0.553. The monoisotopic (exact) mass is 370 g/mol. The van der Waals surface area contributed by atoms with E-state index in [4.69, 9.17) is 0 Å². The third-order valence-corrected chi connectivity index (χ3v) is 4.91. The molecule has 0 bridgehead atoms. The Labute approximate surface area is 159 Å². The summed E-state index contributed by atoms with van der Waals surface area (Å²) in [5.41, 5.74) is 0.595. The number of rotatable bonds is 6. The first kappa shape index (κ1) is 20.4. The number of nitriles is 1. The van der Waals surface area contributed by atoms with Crippen LogP contribution in [0, 0.1) is 11.3 Å². The molecule has 1 N–H and O–H groups in total. The number of likely N-dealkylation sites (N-methyl/N-ethyl adjacent to an activating group) is 1. The summed E-state index contributed by atoms with van der Waals surface area (Å²) in [6.45, 7) is 7.01. The van der Waals surface area contributed by atoms with Crippen LogP contribution in [0.3, 0.4) is 0 Å². The number of benzene rings is 1. The molecule has 1 heterocycles. The second-order valence-electron chi connectivity index (χ2n) is 6.49. The van der Waals surface area contributed by atoms with Crippen LogP contribution in [0.1, 0.15) is 49.5 Å². The van der Waals surface area contributed by atoms with Gasteiger partial charge in [-0.2, -0.15) is 5.26 Å². The Bertz CT molecular complexity index is 752. The molecule has 0 aliphatic carbocycles. The van der Waals surface area contributed by atoms with E-state index in [9.17, 15) is 19.6 Å². The molecule has 7 nitrogen and oxygen atoms in total. The molecular weight excluding hydrogens is 344 g/mol. The minimum absolute atomic E-state index is 0.0871. The summed E-state index contributed by atoms with van der Waals surface area (Å²) in [6, 6.07) is 7.70. The predicted molar refractivity (Wildman–Crippen MR) is 101 cm³/mol. The highest BCUT2D eigenvalue weighted by Crippen LogP contribution is 2.22. The zero-order valence-corrected chi connectivity index (χ0v) is 16.1. The maximum atomic E-state index is 12.8. The molecule has 2 rings (SSSR count). The number of nitrogens with one attached hydrogen (secondary N) is 1. The number of nitrogens with zero attached hydrogens (tertiary/aromatic N) is 3. The number of carbonyl (C=O) groups is 3. The first-order chi connectivity index (χ1) is 13.0. The van der Waals surface area contributed by atoms with E-state index in [-0.39, 0.29) is 23.8 Å². The predicted octanol–water partition coefficient (Wildman–Crippen LogP) is 1.54. The maximum Gasteiger partial charge on any atom is 0.252 e. The van der Waals surface area contributed by atoms with Crippen LogP contribution in [0.4, 0.5) is 0 Å². The number of likely N-dealkylation sites (tertiary alicyclic amines) is 1. The molecule has 3 amide bonds. The van der Waals surface area contributed by atoms with Gasteiger partial charge in [0.15, 0.2) is 0 Å². The van der Waals surface area contributed by atoms with Crippen molar-refractivity contribution >= 4 is 17.7 Å². The summed E-state index contributed by atoms with van der Waals surface area (Å²) in [5, 5.41) is 12.1. The van der Waals surface area contributed by atoms with Crippen LogP contribution in [0.15, 0.2) is 24.3 Å². The van der Waals surface area contributed by atoms with Crippen molar-refractivity contribution in [2.75, 3.05) is 19.6 Å². The minimum atomic E-state index is -0.561. The van der Waals surface area contributed by atoms with Gasteiger partial charge in [0, 0.05) is 32.1 Å². The summed E-state index contributed by atoms with van der Waals surface area (Å²) in [7, 11) is 0. The number of hydrogen-bond donors (Lipinski definition) is 1. The Balaban J connectivity index is 2.17. The van der Waals surface area contributed by atoms with Crippen molar-refractivity contribution in [1.29, 1.82) is 5.26 Å². The van der Waals surface area contributed by atoms with Crippen LogP contribution in [-0.4, -0.2) is 59.2 Å². The van der Waals surface area contributed by atoms with E-state index in [0.717, 1.165) is 0 Å². The van der Waals surface area contributed by atoms with E-state index in [1.165, 1.54) is 0 Å². The van der Waals surface area contributed by atoms with E-state index >= 15 is 0 Å². The van der Waals surface area contributed by atoms with Gasteiger partial charge in [-0.05, 0) is 32.4 Å². The molecule has 0 spiro atoms. The zero-order chi connectivity index (χ0) is 20.0. The minimum Gasteiger partial charge on any atom is -0.347 e. The van der Waals surface area contributed by atoms with Gasteiger partial charge in [-0.15, -0.1) is 0 Å². The lowest BCUT2D eigenvalue weighted by molar-refractivity contribution is -0.143. The second kappa shape index (κ2) is 9.17. The Morgan fingerprint density at radius 2 is 1.89 bits per heavy atom. The van der Waals surface area contributed by atoms with E-state index in [2.05, 4.69) is 5.32 Å². The quantitative estimate of drug-likeness (QED) is 0.822. The van der Waals surface area contributed by atoms with Gasteiger partial charge >= 0.3 is 0 Å². The maximum absolute atomic E-state index is 12.8. The van der Waals surface area contributed by atoms with Crippen molar-refractivity contribution in [1.82, 2.24) is 15.1 Å². The zero-order valence-electron chi connectivity index (χ0n) is 16.1. The van der Waals surface area contributed by atoms with Gasteiger partial charge in [-0.3, -0.25) is 14.4 Å². The smallest absolute Gasteiger partial charge is 0.252 e. The summed E-state index contributed by atoms with van der Waals surface area (Å²) in [4.78, 5) is 41.0. The van der Waals surface area contributed by atoms with Crippen molar-refractivity contribution in [2.24, 2.45) is 0 Å². The fourth-order valence-corrected chi connectivity index (χ4v) is 3.44. The lowest BCUT2D eigenvalue weighted by atomic mass is 10.1. The molecule has 1 saturated heterocycles. The van der Waals surface area contributed by atoms with E-state index < -0.39 is 6.04 Å². The molecule has 1 aromatic rings. The van der Waals surface area contributed by atoms with Crippen molar-refractivity contribution in [3.63, 3.8) is 0 Å². The molecule has 1 aliphatic rings. The van der Waals surface area contributed by atoms with Crippen molar-refractivity contribution in [3.8, 4) is 6.07 Å². The molecule has 27 heavy (non-hydrogen) atoms. The van der Waals surface area contributed by atoms with Gasteiger partial charge in [0.2, 0.25) is 11.8 Å². The second-order valence-corrected chi connectivity index (χ2v) is 6.49. The summed E-state index contributed by atoms with van der Waals surface area (Å²) < 4.78 is 0. The molecule has 0 unspecified atom stereocenters. The lowest BCUT2D eigenvalue weighted by Gasteiger charge is -2.28. The first-order valence-electron chi connectivity index (χ1n) is 9.34. The van der Waals surface area contributed by atoms with Crippen molar-refractivity contribution < 1.29 is 14.4 Å². The number of carbonyl (C=O) groups excluding carboxylic acids is 3. The first-order valence-corrected chi connectivity index (χ1v) is 9.34. The SMILES string of the molecule is CCC(=O)N1C[C@@H](NC(=O)c2ccccc2C#N)C[C@H]1C(=O)N(CC)CC. The highest BCUT2D eigenvalue weighted by molar-refractivity contribution is 5.97. The third-order valence-electron chi connectivity index (χ3n) is 4.91. The Kier molecular flexibility index (Phi) is 6.94. The van der Waals surface area contributed by atoms with Gasteiger partial charge in [0.1, 0.15) is 6.04 Å². The number of amides is 3. The van der Waals surface area contributed by atoms with Crippen LogP contribution in [0.25, 0.3) is 0 Å². The molecule has 1 fully saturated rings. The molecule has 0 radical (unpaired) electrons. The van der Waals surface area contributed by atoms with Crippen molar-refractivity contribution in [2.45, 2.75) is 45.7 Å². The molecule has 1 aliphatic heterocycles. The molecular formula is C20H26N4O3. The Morgan fingerprint density at radius 1 is 1.22 bits per heavy atom. The van der Waals surface area contributed by atoms with Gasteiger partial charge in [-0.1, -0.05) is 19.1 Å². The van der Waals surface area contributed by atoms with E-state index in [0.29, 0.717) is 43.6 Å². The molecule has 144 valence electrons. The average Bonchev–Trinajstić information content (AvgIpc) is 3.11. The lowest BCUT2D eigenvalue weighted by Crippen LogP contribution is -2.47. The molecule has 0 aromatic heterocycles. The Hall–Kier alpha value is -2.88. The van der Waals surface area contributed by atoms with E-state index in [1.807, 2.05) is 19.9 Å². The van der Waals surface area contributed by atoms with Crippen LogP contribution in [0.5, 0.6) is 0 Å². The topological polar surface area (TPSA) is 93.5 Å². The van der Waals surface area contributed by atoms with E-state index in [1.54, 1.807) is 41.0 Å². The highest BCUT2D eigenvalue weighted by atomic mass is 16.2. The summed E-state index contributed by atoms with van der Waals surface area (Å²) >= 11 is 0. The molecule has 1 aromatic carbocycles.